The number of carbonyl (C=O) groups is 1. The normalized spacial score (nSPS) is 15.9. The number of thiazole rings is 1. The minimum atomic E-state index is -0.724. The summed E-state index contributed by atoms with van der Waals surface area (Å²) < 4.78 is 26.1. The van der Waals surface area contributed by atoms with Crippen LogP contribution in [0, 0.1) is 5.82 Å². The second-order valence-corrected chi connectivity index (χ2v) is 8.87. The highest BCUT2D eigenvalue weighted by atomic mass is 32.1. The minimum Gasteiger partial charge on any atom is -0.497 e. The number of allylic oxidation sites excluding steroid dienone is 1. The van der Waals surface area contributed by atoms with Crippen LogP contribution < -0.4 is 19.6 Å². The second-order valence-electron chi connectivity index (χ2n) is 7.86. The van der Waals surface area contributed by atoms with Crippen molar-refractivity contribution in [2.75, 3.05) is 7.11 Å². The minimum absolute atomic E-state index is 0.293. The lowest BCUT2D eigenvalue weighted by Crippen LogP contribution is -2.40. The first kappa shape index (κ1) is 22.7. The van der Waals surface area contributed by atoms with Crippen LogP contribution in [0.3, 0.4) is 0 Å². The van der Waals surface area contributed by atoms with Gasteiger partial charge in [0.25, 0.3) is 5.56 Å². The fourth-order valence-electron chi connectivity index (χ4n) is 3.70. The molecule has 6 nitrogen and oxygen atoms in total. The van der Waals surface area contributed by atoms with Crippen LogP contribution in [0.25, 0.3) is 6.08 Å². The second kappa shape index (κ2) is 9.15. The predicted octanol–water partition coefficient (Wildman–Crippen LogP) is 3.33. The molecule has 170 valence electrons. The maximum absolute atomic E-state index is 13.5. The van der Waals surface area contributed by atoms with E-state index in [9.17, 15) is 14.0 Å². The molecule has 0 spiro atoms. The number of aromatic nitrogens is 1. The Kier molecular flexibility index (Phi) is 6.29. The van der Waals surface area contributed by atoms with E-state index < -0.39 is 12.0 Å². The van der Waals surface area contributed by atoms with Crippen molar-refractivity contribution >= 4 is 23.4 Å². The van der Waals surface area contributed by atoms with Gasteiger partial charge in [0, 0.05) is 0 Å². The lowest BCUT2D eigenvalue weighted by atomic mass is 9.95. The van der Waals surface area contributed by atoms with Crippen LogP contribution >= 0.6 is 11.3 Å². The smallest absolute Gasteiger partial charge is 0.338 e. The van der Waals surface area contributed by atoms with Gasteiger partial charge < -0.3 is 9.47 Å². The summed E-state index contributed by atoms with van der Waals surface area (Å²) in [4.78, 5) is 31.6. The van der Waals surface area contributed by atoms with Gasteiger partial charge in [0.15, 0.2) is 4.80 Å². The van der Waals surface area contributed by atoms with Gasteiger partial charge in [-0.25, -0.2) is 14.2 Å². The van der Waals surface area contributed by atoms with Crippen LogP contribution in [-0.2, 0) is 9.53 Å². The van der Waals surface area contributed by atoms with Crippen molar-refractivity contribution in [3.05, 3.63) is 96.4 Å². The molecule has 0 aliphatic carbocycles. The Morgan fingerprint density at radius 3 is 2.61 bits per heavy atom. The van der Waals surface area contributed by atoms with Crippen molar-refractivity contribution in [2.24, 2.45) is 4.99 Å². The van der Waals surface area contributed by atoms with Crippen molar-refractivity contribution in [2.45, 2.75) is 32.9 Å². The van der Waals surface area contributed by atoms with E-state index in [1.807, 2.05) is 12.1 Å². The van der Waals surface area contributed by atoms with E-state index in [0.29, 0.717) is 37.5 Å². The summed E-state index contributed by atoms with van der Waals surface area (Å²) in [6, 6.07) is 12.4. The summed E-state index contributed by atoms with van der Waals surface area (Å²) in [5.41, 5.74) is 1.89. The number of ether oxygens (including phenoxy) is 2. The van der Waals surface area contributed by atoms with Gasteiger partial charge in [0.05, 0.1) is 35.1 Å². The van der Waals surface area contributed by atoms with Gasteiger partial charge >= 0.3 is 5.97 Å². The molecular weight excluding hydrogens is 443 g/mol. The number of methoxy groups -OCH3 is 1. The van der Waals surface area contributed by atoms with Crippen molar-refractivity contribution in [1.82, 2.24) is 4.57 Å². The van der Waals surface area contributed by atoms with Gasteiger partial charge in [0.1, 0.15) is 11.6 Å². The highest BCUT2D eigenvalue weighted by molar-refractivity contribution is 7.07. The van der Waals surface area contributed by atoms with E-state index >= 15 is 0 Å². The highest BCUT2D eigenvalue weighted by Gasteiger charge is 2.34. The van der Waals surface area contributed by atoms with E-state index in [4.69, 9.17) is 9.47 Å². The summed E-state index contributed by atoms with van der Waals surface area (Å²) in [6.07, 6.45) is 1.36. The number of hydrogen-bond donors (Lipinski definition) is 0. The summed E-state index contributed by atoms with van der Waals surface area (Å²) in [5, 5.41) is 0. The van der Waals surface area contributed by atoms with Gasteiger partial charge in [-0.1, -0.05) is 35.6 Å². The Morgan fingerprint density at radius 1 is 1.21 bits per heavy atom. The van der Waals surface area contributed by atoms with Gasteiger partial charge in [-0.3, -0.25) is 9.36 Å². The first-order valence-electron chi connectivity index (χ1n) is 10.4. The first-order valence-corrected chi connectivity index (χ1v) is 11.2. The molecule has 2 aromatic carbocycles. The number of rotatable bonds is 5. The van der Waals surface area contributed by atoms with Crippen LogP contribution in [0.1, 0.15) is 37.9 Å². The van der Waals surface area contributed by atoms with Crippen LogP contribution in [0.2, 0.25) is 0 Å². The number of carbonyl (C=O) groups excluding carboxylic acids is 1. The van der Waals surface area contributed by atoms with Crippen LogP contribution in [0.5, 0.6) is 5.75 Å². The van der Waals surface area contributed by atoms with Crippen molar-refractivity contribution < 1.29 is 18.7 Å². The van der Waals surface area contributed by atoms with Crippen molar-refractivity contribution in [3.63, 3.8) is 0 Å². The van der Waals surface area contributed by atoms with Crippen LogP contribution in [-0.4, -0.2) is 23.8 Å². The van der Waals surface area contributed by atoms with E-state index in [2.05, 4.69) is 4.99 Å². The standard InChI is InChI=1S/C25H23FN2O4S/c1-14(2)32-24(30)21-15(3)27-25-28(22(21)17-6-5-7-19(13-17)31-4)23(29)20(33-25)12-16-8-10-18(26)11-9-16/h5-14,22H,1-4H3/b20-12+/t22-/m0/s1. The third-order valence-electron chi connectivity index (χ3n) is 5.16. The number of nitrogens with zero attached hydrogens (tertiary/aromatic N) is 2. The topological polar surface area (TPSA) is 69.9 Å². The first-order chi connectivity index (χ1) is 15.8. The Bertz CT molecular complexity index is 1420. The fourth-order valence-corrected chi connectivity index (χ4v) is 4.74. The third-order valence-corrected chi connectivity index (χ3v) is 6.14. The Morgan fingerprint density at radius 2 is 1.94 bits per heavy atom. The molecule has 4 rings (SSSR count). The number of benzene rings is 2. The number of halogens is 1. The lowest BCUT2D eigenvalue weighted by molar-refractivity contribution is -0.143. The van der Waals surface area contributed by atoms with E-state index in [-0.39, 0.29) is 17.5 Å². The molecule has 3 aromatic rings. The quantitative estimate of drug-likeness (QED) is 0.541. The molecule has 0 unspecified atom stereocenters. The Labute approximate surface area is 193 Å². The average molecular weight is 467 g/mol. The highest BCUT2D eigenvalue weighted by Crippen LogP contribution is 2.32. The summed E-state index contributed by atoms with van der Waals surface area (Å²) >= 11 is 1.22. The lowest BCUT2D eigenvalue weighted by Gasteiger charge is -2.25. The Hall–Kier alpha value is -3.52. The fraction of sp³-hybridized carbons (Fsp3) is 0.240. The van der Waals surface area contributed by atoms with Gasteiger partial charge in [-0.15, -0.1) is 0 Å². The molecule has 0 amide bonds. The van der Waals surface area contributed by atoms with E-state index in [1.54, 1.807) is 58.2 Å². The molecule has 0 bridgehead atoms. The van der Waals surface area contributed by atoms with Crippen LogP contribution in [0.15, 0.2) is 69.6 Å². The molecule has 1 aliphatic rings. The molecule has 0 radical (unpaired) electrons. The molecular formula is C25H23FN2O4S. The van der Waals surface area contributed by atoms with Gasteiger partial charge in [-0.2, -0.15) is 0 Å². The SMILES string of the molecule is COc1cccc([C@H]2C(C(=O)OC(C)C)=C(C)N=c3s/c(=C/c4ccc(F)cc4)c(=O)n32)c1. The molecule has 1 aromatic heterocycles. The van der Waals surface area contributed by atoms with Crippen molar-refractivity contribution in [3.8, 4) is 5.75 Å². The zero-order chi connectivity index (χ0) is 23.7. The van der Waals surface area contributed by atoms with Gasteiger partial charge in [0.2, 0.25) is 0 Å². The van der Waals surface area contributed by atoms with E-state index in [0.717, 1.165) is 0 Å². The largest absolute Gasteiger partial charge is 0.497 e. The van der Waals surface area contributed by atoms with Gasteiger partial charge in [-0.05, 0) is 62.2 Å². The maximum Gasteiger partial charge on any atom is 0.338 e. The maximum atomic E-state index is 13.5. The molecule has 1 atom stereocenters. The zero-order valence-electron chi connectivity index (χ0n) is 18.7. The third kappa shape index (κ3) is 4.52. The summed E-state index contributed by atoms with van der Waals surface area (Å²) in [6.45, 7) is 5.28. The average Bonchev–Trinajstić information content (AvgIpc) is 3.08. The molecule has 0 saturated heterocycles. The van der Waals surface area contributed by atoms with Crippen molar-refractivity contribution in [1.29, 1.82) is 0 Å². The number of esters is 1. The monoisotopic (exact) mass is 466 g/mol. The van der Waals surface area contributed by atoms with E-state index in [1.165, 1.54) is 28.0 Å². The molecule has 0 N–H and O–H groups in total. The van der Waals surface area contributed by atoms with Crippen LogP contribution in [0.4, 0.5) is 4.39 Å². The molecule has 2 heterocycles. The Balaban J connectivity index is 1.95. The zero-order valence-corrected chi connectivity index (χ0v) is 19.5. The molecule has 8 heteroatoms. The number of hydrogen-bond acceptors (Lipinski definition) is 6. The number of fused-ring (bicyclic) bond motifs is 1. The molecule has 1 aliphatic heterocycles. The molecule has 33 heavy (non-hydrogen) atoms. The predicted molar refractivity (Wildman–Crippen MR) is 124 cm³/mol. The molecule has 0 saturated carbocycles. The summed E-state index contributed by atoms with van der Waals surface area (Å²) in [5.74, 6) is -0.269. The summed E-state index contributed by atoms with van der Waals surface area (Å²) in [7, 11) is 1.56. The molecule has 0 fully saturated rings.